The lowest BCUT2D eigenvalue weighted by Crippen LogP contribution is -2.31. The molecule has 0 bridgehead atoms. The van der Waals surface area contributed by atoms with E-state index in [4.69, 9.17) is 9.15 Å². The van der Waals surface area contributed by atoms with E-state index in [-0.39, 0.29) is 25.5 Å². The fraction of sp³-hybridized carbons (Fsp3) is 0.250. The lowest BCUT2D eigenvalue weighted by molar-refractivity contribution is -0.151. The van der Waals surface area contributed by atoms with E-state index >= 15 is 0 Å². The molecule has 27 heavy (non-hydrogen) atoms. The number of aryl methyl sites for hydroxylation is 1. The highest BCUT2D eigenvalue weighted by molar-refractivity contribution is 5.80. The Balaban J connectivity index is 1.48. The molecule has 1 heterocycles. The molecule has 0 aliphatic carbocycles. The maximum atomic E-state index is 12.1. The normalized spacial score (nSPS) is 10.7. The van der Waals surface area contributed by atoms with Crippen molar-refractivity contribution in [2.75, 3.05) is 13.7 Å². The number of nitrogens with zero attached hydrogens (tertiary/aromatic N) is 2. The number of hydrogen-bond acceptors (Lipinski definition) is 5. The van der Waals surface area contributed by atoms with Crippen molar-refractivity contribution in [3.05, 3.63) is 70.7 Å². The van der Waals surface area contributed by atoms with E-state index in [0.29, 0.717) is 17.6 Å². The molecular formula is C20H20N2O5. The van der Waals surface area contributed by atoms with Crippen molar-refractivity contribution in [2.45, 2.75) is 19.5 Å². The lowest BCUT2D eigenvalue weighted by Gasteiger charge is -2.17. The number of amides is 1. The van der Waals surface area contributed by atoms with Crippen LogP contribution in [0.15, 0.2) is 63.8 Å². The highest BCUT2D eigenvalue weighted by Crippen LogP contribution is 2.12. The first kappa shape index (κ1) is 18.4. The molecule has 3 rings (SSSR count). The fourth-order valence-corrected chi connectivity index (χ4v) is 2.70. The van der Waals surface area contributed by atoms with Gasteiger partial charge in [0.25, 0.3) is 5.91 Å². The van der Waals surface area contributed by atoms with Crippen LogP contribution < -0.4 is 5.76 Å². The number of para-hydroxylation sites is 2. The number of benzene rings is 2. The number of aromatic nitrogens is 1. The molecule has 140 valence electrons. The second-order valence-electron chi connectivity index (χ2n) is 6.13. The van der Waals surface area contributed by atoms with Crippen molar-refractivity contribution in [2.24, 2.45) is 0 Å². The number of esters is 1. The summed E-state index contributed by atoms with van der Waals surface area (Å²) >= 11 is 0. The summed E-state index contributed by atoms with van der Waals surface area (Å²) < 4.78 is 11.5. The van der Waals surface area contributed by atoms with Gasteiger partial charge in [-0.2, -0.15) is 0 Å². The number of hydrogen-bond donors (Lipinski definition) is 0. The number of rotatable bonds is 7. The minimum Gasteiger partial charge on any atom is -0.456 e. The van der Waals surface area contributed by atoms with E-state index in [1.54, 1.807) is 31.3 Å². The molecular weight excluding hydrogens is 348 g/mol. The van der Waals surface area contributed by atoms with Crippen LogP contribution in [-0.2, 0) is 27.4 Å². The van der Waals surface area contributed by atoms with Crippen molar-refractivity contribution in [1.29, 1.82) is 0 Å². The molecule has 2 aromatic carbocycles. The van der Waals surface area contributed by atoms with Crippen LogP contribution in [0.4, 0.5) is 0 Å². The van der Waals surface area contributed by atoms with E-state index in [9.17, 15) is 14.4 Å². The van der Waals surface area contributed by atoms with Crippen LogP contribution in [0.3, 0.4) is 0 Å². The van der Waals surface area contributed by atoms with Crippen molar-refractivity contribution in [3.63, 3.8) is 0 Å². The molecule has 0 aliphatic rings. The standard InChI is InChI=1S/C20H20N2O5/c1-21(13-15-7-3-2-4-8-15)18(23)14-26-19(24)11-12-22-16-9-5-6-10-17(16)27-20(22)25/h2-10H,11-14H2,1H3. The van der Waals surface area contributed by atoms with Crippen molar-refractivity contribution < 1.29 is 18.7 Å². The first-order valence-electron chi connectivity index (χ1n) is 8.56. The van der Waals surface area contributed by atoms with Gasteiger partial charge in [-0.3, -0.25) is 14.2 Å². The molecule has 0 N–H and O–H groups in total. The summed E-state index contributed by atoms with van der Waals surface area (Å²) in [7, 11) is 1.65. The predicted molar refractivity (Wildman–Crippen MR) is 99.0 cm³/mol. The summed E-state index contributed by atoms with van der Waals surface area (Å²) in [5, 5.41) is 0. The molecule has 0 unspecified atom stereocenters. The predicted octanol–water partition coefficient (Wildman–Crippen LogP) is 2.19. The molecule has 7 nitrogen and oxygen atoms in total. The second kappa shape index (κ2) is 8.35. The summed E-state index contributed by atoms with van der Waals surface area (Å²) in [6.07, 6.45) is -0.0287. The van der Waals surface area contributed by atoms with Crippen LogP contribution in [0, 0.1) is 0 Å². The van der Waals surface area contributed by atoms with Crippen LogP contribution in [0.1, 0.15) is 12.0 Å². The molecule has 0 spiro atoms. The van der Waals surface area contributed by atoms with E-state index in [1.807, 2.05) is 30.3 Å². The monoisotopic (exact) mass is 368 g/mol. The number of carbonyl (C=O) groups is 2. The van der Waals surface area contributed by atoms with Gasteiger partial charge in [-0.05, 0) is 17.7 Å². The minimum absolute atomic E-state index is 0.0287. The van der Waals surface area contributed by atoms with Gasteiger partial charge in [-0.15, -0.1) is 0 Å². The van der Waals surface area contributed by atoms with Gasteiger partial charge in [0.15, 0.2) is 12.2 Å². The molecule has 0 radical (unpaired) electrons. The molecule has 0 atom stereocenters. The lowest BCUT2D eigenvalue weighted by atomic mass is 10.2. The van der Waals surface area contributed by atoms with Gasteiger partial charge in [0.2, 0.25) is 0 Å². The van der Waals surface area contributed by atoms with Crippen LogP contribution in [0.5, 0.6) is 0 Å². The Morgan fingerprint density at radius 3 is 2.56 bits per heavy atom. The quantitative estimate of drug-likeness (QED) is 0.597. The summed E-state index contributed by atoms with van der Waals surface area (Å²) in [6, 6.07) is 16.5. The Morgan fingerprint density at radius 1 is 1.07 bits per heavy atom. The van der Waals surface area contributed by atoms with Gasteiger partial charge >= 0.3 is 11.7 Å². The van der Waals surface area contributed by atoms with Crippen LogP contribution >= 0.6 is 0 Å². The maximum Gasteiger partial charge on any atom is 0.419 e. The van der Waals surface area contributed by atoms with Crippen LogP contribution in [0.25, 0.3) is 11.1 Å². The molecule has 1 aromatic heterocycles. The van der Waals surface area contributed by atoms with Crippen LogP contribution in [-0.4, -0.2) is 35.0 Å². The maximum absolute atomic E-state index is 12.1. The Bertz CT molecular complexity index is 990. The number of carbonyl (C=O) groups excluding carboxylic acids is 2. The molecule has 0 aliphatic heterocycles. The average molecular weight is 368 g/mol. The summed E-state index contributed by atoms with van der Waals surface area (Å²) in [5.74, 6) is -1.37. The van der Waals surface area contributed by atoms with Crippen molar-refractivity contribution >= 4 is 23.0 Å². The number of oxazole rings is 1. The van der Waals surface area contributed by atoms with Gasteiger partial charge in [0, 0.05) is 20.1 Å². The number of likely N-dealkylation sites (N-methyl/N-ethyl adjacent to an activating group) is 1. The molecule has 0 saturated heterocycles. The molecule has 3 aromatic rings. The third-order valence-corrected chi connectivity index (χ3v) is 4.16. The van der Waals surface area contributed by atoms with Gasteiger partial charge in [-0.25, -0.2) is 4.79 Å². The topological polar surface area (TPSA) is 81.8 Å². The molecule has 0 saturated carbocycles. The SMILES string of the molecule is CN(Cc1ccccc1)C(=O)COC(=O)CCn1c(=O)oc2ccccc21. The Kier molecular flexibility index (Phi) is 5.71. The fourth-order valence-electron chi connectivity index (χ4n) is 2.70. The largest absolute Gasteiger partial charge is 0.456 e. The highest BCUT2D eigenvalue weighted by Gasteiger charge is 2.14. The van der Waals surface area contributed by atoms with Crippen LogP contribution in [0.2, 0.25) is 0 Å². The third-order valence-electron chi connectivity index (χ3n) is 4.16. The third kappa shape index (κ3) is 4.63. The molecule has 1 amide bonds. The first-order valence-corrected chi connectivity index (χ1v) is 8.56. The van der Waals surface area contributed by atoms with E-state index in [0.717, 1.165) is 5.56 Å². The molecule has 7 heteroatoms. The zero-order valence-corrected chi connectivity index (χ0v) is 15.0. The second-order valence-corrected chi connectivity index (χ2v) is 6.13. The van der Waals surface area contributed by atoms with Gasteiger partial charge in [0.05, 0.1) is 11.9 Å². The zero-order valence-electron chi connectivity index (χ0n) is 15.0. The van der Waals surface area contributed by atoms with Gasteiger partial charge in [0.1, 0.15) is 0 Å². The summed E-state index contributed by atoms with van der Waals surface area (Å²) in [5.41, 5.74) is 2.08. The molecule has 0 fully saturated rings. The van der Waals surface area contributed by atoms with E-state index < -0.39 is 11.7 Å². The summed E-state index contributed by atoms with van der Waals surface area (Å²) in [4.78, 5) is 37.4. The van der Waals surface area contributed by atoms with Gasteiger partial charge < -0.3 is 14.1 Å². The van der Waals surface area contributed by atoms with Gasteiger partial charge in [-0.1, -0.05) is 42.5 Å². The minimum atomic E-state index is -0.548. The van der Waals surface area contributed by atoms with E-state index in [1.165, 1.54) is 9.47 Å². The number of ether oxygens (including phenoxy) is 1. The van der Waals surface area contributed by atoms with Crippen molar-refractivity contribution in [3.8, 4) is 0 Å². The Labute approximate surface area is 155 Å². The first-order chi connectivity index (χ1) is 13.0. The zero-order chi connectivity index (χ0) is 19.2. The Hall–Kier alpha value is -3.35. The van der Waals surface area contributed by atoms with E-state index in [2.05, 4.69) is 0 Å². The summed E-state index contributed by atoms with van der Waals surface area (Å²) in [6.45, 7) is 0.236. The smallest absolute Gasteiger partial charge is 0.419 e. The Morgan fingerprint density at radius 2 is 1.78 bits per heavy atom. The van der Waals surface area contributed by atoms with Crippen molar-refractivity contribution in [1.82, 2.24) is 9.47 Å². The highest BCUT2D eigenvalue weighted by atomic mass is 16.5. The number of fused-ring (bicyclic) bond motifs is 1. The average Bonchev–Trinajstić information content (AvgIpc) is 3.00.